The first kappa shape index (κ1) is 22.7. The summed E-state index contributed by atoms with van der Waals surface area (Å²) in [5.74, 6) is 1.36. The molecule has 0 saturated carbocycles. The van der Waals surface area contributed by atoms with Crippen molar-refractivity contribution in [3.8, 4) is 0 Å². The summed E-state index contributed by atoms with van der Waals surface area (Å²) in [6.45, 7) is 3.00. The molecular weight excluding hydrogens is 372 g/mol. The zero-order valence-electron chi connectivity index (χ0n) is 17.6. The Kier molecular flexibility index (Phi) is 10.4. The van der Waals surface area contributed by atoms with Crippen LogP contribution in [-0.4, -0.2) is 57.7 Å². The van der Waals surface area contributed by atoms with Crippen molar-refractivity contribution in [2.75, 3.05) is 40.8 Å². The topological polar surface area (TPSA) is 66.0 Å². The monoisotopic (exact) mass is 408 g/mol. The summed E-state index contributed by atoms with van der Waals surface area (Å²) < 4.78 is 4.66. The van der Waals surface area contributed by atoms with Crippen molar-refractivity contribution >= 4 is 23.3 Å². The van der Waals surface area contributed by atoms with E-state index in [4.69, 9.17) is 0 Å². The van der Waals surface area contributed by atoms with E-state index in [1.54, 1.807) is 0 Å². The van der Waals surface area contributed by atoms with Gasteiger partial charge in [-0.15, -0.1) is 11.3 Å². The number of rotatable bonds is 10. The molecular formula is C21H36N4O2S. The highest BCUT2D eigenvalue weighted by Crippen LogP contribution is 2.36. The first-order valence-corrected chi connectivity index (χ1v) is 11.3. The third kappa shape index (κ3) is 7.43. The van der Waals surface area contributed by atoms with Gasteiger partial charge in [0.05, 0.1) is 7.11 Å². The fraction of sp³-hybridized carbons (Fsp3) is 0.714. The van der Waals surface area contributed by atoms with Crippen LogP contribution in [-0.2, 0) is 9.53 Å². The molecule has 0 amide bonds. The number of methoxy groups -OCH3 is 1. The first-order valence-electron chi connectivity index (χ1n) is 10.4. The summed E-state index contributed by atoms with van der Waals surface area (Å²) in [7, 11) is 5.51. The number of hydrogen-bond acceptors (Lipinski definition) is 5. The summed E-state index contributed by atoms with van der Waals surface area (Å²) in [5.41, 5.74) is 0. The van der Waals surface area contributed by atoms with Crippen LogP contribution in [0.3, 0.4) is 0 Å². The number of thiophene rings is 1. The predicted octanol–water partition coefficient (Wildman–Crippen LogP) is 3.42. The zero-order chi connectivity index (χ0) is 20.2. The van der Waals surface area contributed by atoms with Crippen LogP contribution in [0.5, 0.6) is 0 Å². The van der Waals surface area contributed by atoms with E-state index in [1.165, 1.54) is 31.4 Å². The molecule has 28 heavy (non-hydrogen) atoms. The van der Waals surface area contributed by atoms with E-state index in [0.717, 1.165) is 44.7 Å². The van der Waals surface area contributed by atoms with Gasteiger partial charge < -0.3 is 15.4 Å². The van der Waals surface area contributed by atoms with Crippen molar-refractivity contribution in [1.29, 1.82) is 0 Å². The number of esters is 1. The van der Waals surface area contributed by atoms with Crippen molar-refractivity contribution in [2.24, 2.45) is 10.9 Å². The van der Waals surface area contributed by atoms with Gasteiger partial charge in [-0.25, -0.2) is 0 Å². The summed E-state index contributed by atoms with van der Waals surface area (Å²) >= 11 is 1.86. The molecule has 1 aliphatic heterocycles. The Morgan fingerprint density at radius 1 is 1.32 bits per heavy atom. The standard InChI is InChI=1S/C21H36N4O2S/c1-22-21(23-13-7-5-4-6-12-19(26)27-3)24-16-17-10-8-14-25(2)20(17)18-11-9-15-28-18/h9,11,15,17,20H,4-8,10,12-14,16H2,1-3H3,(H2,22,23,24). The highest BCUT2D eigenvalue weighted by atomic mass is 32.1. The third-order valence-electron chi connectivity index (χ3n) is 5.42. The van der Waals surface area contributed by atoms with Crippen molar-refractivity contribution < 1.29 is 9.53 Å². The molecule has 1 aromatic heterocycles. The van der Waals surface area contributed by atoms with Gasteiger partial charge >= 0.3 is 5.97 Å². The van der Waals surface area contributed by atoms with Crippen molar-refractivity contribution in [3.63, 3.8) is 0 Å². The molecule has 0 radical (unpaired) electrons. The molecule has 1 saturated heterocycles. The lowest BCUT2D eigenvalue weighted by Gasteiger charge is -2.39. The molecule has 2 heterocycles. The van der Waals surface area contributed by atoms with Crippen LogP contribution in [0.1, 0.15) is 55.9 Å². The molecule has 6 nitrogen and oxygen atoms in total. The van der Waals surface area contributed by atoms with Gasteiger partial charge in [0.15, 0.2) is 5.96 Å². The second-order valence-corrected chi connectivity index (χ2v) is 8.44. The maximum absolute atomic E-state index is 11.1. The van der Waals surface area contributed by atoms with Gasteiger partial charge in [-0.2, -0.15) is 0 Å². The molecule has 1 aliphatic rings. The van der Waals surface area contributed by atoms with Crippen LogP contribution in [0.15, 0.2) is 22.5 Å². The minimum absolute atomic E-state index is 0.114. The Morgan fingerprint density at radius 3 is 2.86 bits per heavy atom. The van der Waals surface area contributed by atoms with Gasteiger partial charge in [0.1, 0.15) is 0 Å². The number of carbonyl (C=O) groups is 1. The molecule has 7 heteroatoms. The number of piperidine rings is 1. The smallest absolute Gasteiger partial charge is 0.305 e. The van der Waals surface area contributed by atoms with Crippen LogP contribution in [0.4, 0.5) is 0 Å². The largest absolute Gasteiger partial charge is 0.469 e. The fourth-order valence-electron chi connectivity index (χ4n) is 3.89. The second kappa shape index (κ2) is 12.8. The molecule has 1 aromatic rings. The number of ether oxygens (including phenoxy) is 1. The first-order chi connectivity index (χ1) is 13.7. The Morgan fingerprint density at radius 2 is 2.14 bits per heavy atom. The predicted molar refractivity (Wildman–Crippen MR) is 117 cm³/mol. The van der Waals surface area contributed by atoms with E-state index < -0.39 is 0 Å². The summed E-state index contributed by atoms with van der Waals surface area (Å²) in [4.78, 5) is 19.4. The normalized spacial score (nSPS) is 20.8. The van der Waals surface area contributed by atoms with Crippen molar-refractivity contribution in [3.05, 3.63) is 22.4 Å². The van der Waals surface area contributed by atoms with Crippen molar-refractivity contribution in [1.82, 2.24) is 15.5 Å². The molecule has 0 spiro atoms. The van der Waals surface area contributed by atoms with Gasteiger partial charge in [-0.1, -0.05) is 18.9 Å². The second-order valence-electron chi connectivity index (χ2n) is 7.46. The average molecular weight is 409 g/mol. The van der Waals surface area contributed by atoms with Crippen LogP contribution in [0, 0.1) is 5.92 Å². The van der Waals surface area contributed by atoms with Gasteiger partial charge in [-0.3, -0.25) is 14.7 Å². The molecule has 2 N–H and O–H groups in total. The number of unbranched alkanes of at least 4 members (excludes halogenated alkanes) is 3. The van der Waals surface area contributed by atoms with E-state index >= 15 is 0 Å². The summed E-state index contributed by atoms with van der Waals surface area (Å²) in [5, 5.41) is 9.12. The molecule has 2 unspecified atom stereocenters. The Bertz CT molecular complexity index is 591. The molecule has 2 atom stereocenters. The number of carbonyl (C=O) groups excluding carboxylic acids is 1. The highest BCUT2D eigenvalue weighted by molar-refractivity contribution is 7.10. The Hall–Kier alpha value is -1.60. The maximum Gasteiger partial charge on any atom is 0.305 e. The van der Waals surface area contributed by atoms with E-state index in [1.807, 2.05) is 18.4 Å². The van der Waals surface area contributed by atoms with E-state index in [0.29, 0.717) is 18.4 Å². The molecule has 1 fully saturated rings. The number of hydrogen-bond donors (Lipinski definition) is 2. The lowest BCUT2D eigenvalue weighted by atomic mass is 9.88. The Balaban J connectivity index is 1.67. The lowest BCUT2D eigenvalue weighted by Crippen LogP contribution is -2.45. The maximum atomic E-state index is 11.1. The quantitative estimate of drug-likeness (QED) is 0.269. The van der Waals surface area contributed by atoms with E-state index in [2.05, 4.69) is 49.8 Å². The van der Waals surface area contributed by atoms with E-state index in [-0.39, 0.29) is 5.97 Å². The SMILES string of the molecule is CN=C(NCCCCCCC(=O)OC)NCC1CCCN(C)C1c1cccs1. The number of likely N-dealkylation sites (tertiary alicyclic amines) is 1. The van der Waals surface area contributed by atoms with Crippen LogP contribution in [0.25, 0.3) is 0 Å². The number of aliphatic imine (C=N–C) groups is 1. The summed E-state index contributed by atoms with van der Waals surface area (Å²) in [6.07, 6.45) is 7.16. The zero-order valence-corrected chi connectivity index (χ0v) is 18.4. The minimum atomic E-state index is -0.114. The van der Waals surface area contributed by atoms with Gasteiger partial charge in [-0.05, 0) is 56.6 Å². The highest BCUT2D eigenvalue weighted by Gasteiger charge is 2.31. The van der Waals surface area contributed by atoms with E-state index in [9.17, 15) is 4.79 Å². The minimum Gasteiger partial charge on any atom is -0.469 e. The van der Waals surface area contributed by atoms with Crippen LogP contribution in [0.2, 0.25) is 0 Å². The Labute approximate surface area is 173 Å². The molecule has 158 valence electrons. The molecule has 2 rings (SSSR count). The number of nitrogens with zero attached hydrogens (tertiary/aromatic N) is 2. The van der Waals surface area contributed by atoms with Crippen LogP contribution < -0.4 is 10.6 Å². The lowest BCUT2D eigenvalue weighted by molar-refractivity contribution is -0.140. The van der Waals surface area contributed by atoms with Gasteiger partial charge in [0.2, 0.25) is 0 Å². The van der Waals surface area contributed by atoms with Crippen LogP contribution >= 0.6 is 11.3 Å². The molecule has 0 aromatic carbocycles. The number of nitrogens with one attached hydrogen (secondary N) is 2. The number of guanidine groups is 1. The van der Waals surface area contributed by atoms with Crippen molar-refractivity contribution in [2.45, 2.75) is 51.0 Å². The third-order valence-corrected chi connectivity index (χ3v) is 6.37. The molecule has 0 bridgehead atoms. The van der Waals surface area contributed by atoms with Gasteiger partial charge in [0.25, 0.3) is 0 Å². The molecule has 0 aliphatic carbocycles. The summed E-state index contributed by atoms with van der Waals surface area (Å²) in [6, 6.07) is 4.91. The average Bonchev–Trinajstić information content (AvgIpc) is 3.23. The van der Waals surface area contributed by atoms with Gasteiger partial charge in [0, 0.05) is 37.5 Å². The fourth-order valence-corrected chi connectivity index (χ4v) is 4.87.